The number of nitrogens with one attached hydrogen (secondary N) is 1. The fraction of sp³-hybridized carbons (Fsp3) is 0.600. The minimum absolute atomic E-state index is 0.0626. The fourth-order valence-corrected chi connectivity index (χ4v) is 1.95. The van der Waals surface area contributed by atoms with E-state index in [0.717, 1.165) is 31.9 Å². The Morgan fingerprint density at radius 2 is 2.05 bits per heavy atom. The monoisotopic (exact) mass is 284 g/mol. The molecular weight excluding hydrogens is 262 g/mol. The molecule has 0 fully saturated rings. The Hall–Kier alpha value is -1.52. The van der Waals surface area contributed by atoms with Crippen LogP contribution in [0.2, 0.25) is 0 Å². The lowest BCUT2D eigenvalue weighted by molar-refractivity contribution is 0.0928. The highest BCUT2D eigenvalue weighted by Crippen LogP contribution is 2.22. The van der Waals surface area contributed by atoms with Crippen molar-refractivity contribution in [3.63, 3.8) is 0 Å². The fourth-order valence-electron chi connectivity index (χ4n) is 1.95. The number of unbranched alkanes of at least 4 members (excludes halogenated alkanes) is 2. The molecule has 0 spiro atoms. The van der Waals surface area contributed by atoms with Crippen LogP contribution in [0.3, 0.4) is 0 Å². The van der Waals surface area contributed by atoms with Crippen LogP contribution in [0.1, 0.15) is 56.8 Å². The second-order valence-electron chi connectivity index (χ2n) is 5.77. The molecule has 0 atom stereocenters. The molecule has 0 unspecified atom stereocenters. The van der Waals surface area contributed by atoms with Crippen LogP contribution >= 0.6 is 0 Å². The van der Waals surface area contributed by atoms with Crippen LogP contribution in [0.15, 0.2) is 12.3 Å². The maximum atomic E-state index is 13.4. The van der Waals surface area contributed by atoms with E-state index in [1.54, 1.807) is 0 Å². The lowest BCUT2D eigenvalue weighted by atomic mass is 9.87. The summed E-state index contributed by atoms with van der Waals surface area (Å²) in [7, 11) is 0. The van der Waals surface area contributed by atoms with Gasteiger partial charge in [-0.1, -0.05) is 40.0 Å². The quantitative estimate of drug-likeness (QED) is 0.613. The van der Waals surface area contributed by atoms with Crippen LogP contribution in [-0.4, -0.2) is 17.4 Å². The van der Waals surface area contributed by atoms with Crippen molar-refractivity contribution in [1.82, 2.24) is 10.3 Å². The molecule has 0 radical (unpaired) electrons. The summed E-state index contributed by atoms with van der Waals surface area (Å²) in [6, 6.07) is 1.18. The third-order valence-corrected chi connectivity index (χ3v) is 3.28. The van der Waals surface area contributed by atoms with Gasteiger partial charge in [0, 0.05) is 12.7 Å². The zero-order chi connectivity index (χ0) is 15.2. The highest BCUT2D eigenvalue weighted by Gasteiger charge is 2.21. The second kappa shape index (κ2) is 7.31. The van der Waals surface area contributed by atoms with E-state index in [4.69, 9.17) is 0 Å². The van der Waals surface area contributed by atoms with Crippen LogP contribution in [0, 0.1) is 17.2 Å². The highest BCUT2D eigenvalue weighted by molar-refractivity contribution is 5.94. The summed E-state index contributed by atoms with van der Waals surface area (Å²) in [4.78, 5) is 15.0. The lowest BCUT2D eigenvalue weighted by Gasteiger charge is -2.25. The molecule has 0 aliphatic rings. The van der Waals surface area contributed by atoms with Crippen LogP contribution in [0.5, 0.6) is 0 Å². The van der Waals surface area contributed by atoms with Gasteiger partial charge in [-0.25, -0.2) is 9.37 Å². The van der Waals surface area contributed by atoms with Crippen molar-refractivity contribution in [2.75, 3.05) is 6.54 Å². The van der Waals surface area contributed by atoms with Gasteiger partial charge in [0.2, 0.25) is 5.95 Å². The molecule has 0 aliphatic carbocycles. The van der Waals surface area contributed by atoms with E-state index >= 15 is 0 Å². The molecule has 0 bridgehead atoms. The molecule has 112 valence electrons. The van der Waals surface area contributed by atoms with Gasteiger partial charge < -0.3 is 5.32 Å². The van der Waals surface area contributed by atoms with Crippen molar-refractivity contribution in [3.05, 3.63) is 29.6 Å². The predicted molar refractivity (Wildman–Crippen MR) is 74.4 cm³/mol. The Labute approximate surface area is 118 Å². The Bertz CT molecular complexity index is 461. The van der Waals surface area contributed by atoms with E-state index in [0.29, 0.717) is 6.54 Å². The summed E-state index contributed by atoms with van der Waals surface area (Å²) in [5, 5.41) is 2.66. The van der Waals surface area contributed by atoms with E-state index in [1.807, 2.05) is 13.8 Å². The topological polar surface area (TPSA) is 42.0 Å². The standard InChI is InChI=1S/C15H22F2N2O/c1-4-5-6-8-15(2,3)10-19-14(20)11-7-9-18-13(17)12(11)16/h7,9H,4-6,8,10H2,1-3H3,(H,19,20). The molecule has 1 amide bonds. The van der Waals surface area contributed by atoms with Crippen LogP contribution in [-0.2, 0) is 0 Å². The largest absolute Gasteiger partial charge is 0.351 e. The molecule has 20 heavy (non-hydrogen) atoms. The minimum Gasteiger partial charge on any atom is -0.351 e. The van der Waals surface area contributed by atoms with Gasteiger partial charge in [-0.05, 0) is 17.9 Å². The maximum Gasteiger partial charge on any atom is 0.254 e. The van der Waals surface area contributed by atoms with Gasteiger partial charge in [-0.2, -0.15) is 4.39 Å². The maximum absolute atomic E-state index is 13.4. The number of amides is 1. The van der Waals surface area contributed by atoms with Crippen molar-refractivity contribution in [3.8, 4) is 0 Å². The van der Waals surface area contributed by atoms with Crippen molar-refractivity contribution in [1.29, 1.82) is 0 Å². The summed E-state index contributed by atoms with van der Waals surface area (Å²) in [5.41, 5.74) is -0.366. The molecule has 1 heterocycles. The lowest BCUT2D eigenvalue weighted by Crippen LogP contribution is -2.34. The minimum atomic E-state index is -1.25. The summed E-state index contributed by atoms with van der Waals surface area (Å²) < 4.78 is 26.4. The molecular formula is C15H22F2N2O. The number of hydrogen-bond donors (Lipinski definition) is 1. The Morgan fingerprint density at radius 1 is 1.35 bits per heavy atom. The summed E-state index contributed by atoms with van der Waals surface area (Å²) in [5.74, 6) is -3.05. The van der Waals surface area contributed by atoms with Gasteiger partial charge >= 0.3 is 0 Å². The average molecular weight is 284 g/mol. The third-order valence-electron chi connectivity index (χ3n) is 3.28. The molecule has 0 saturated carbocycles. The number of pyridine rings is 1. The normalized spacial score (nSPS) is 11.4. The van der Waals surface area contributed by atoms with E-state index in [-0.39, 0.29) is 11.0 Å². The molecule has 0 aromatic carbocycles. The first-order chi connectivity index (χ1) is 9.37. The van der Waals surface area contributed by atoms with Crippen LogP contribution in [0.25, 0.3) is 0 Å². The zero-order valence-corrected chi connectivity index (χ0v) is 12.3. The molecule has 5 heteroatoms. The Balaban J connectivity index is 2.56. The zero-order valence-electron chi connectivity index (χ0n) is 12.3. The Morgan fingerprint density at radius 3 is 2.70 bits per heavy atom. The van der Waals surface area contributed by atoms with E-state index in [2.05, 4.69) is 17.2 Å². The first kappa shape index (κ1) is 16.5. The van der Waals surface area contributed by atoms with Gasteiger partial charge in [0.05, 0.1) is 5.56 Å². The summed E-state index contributed by atoms with van der Waals surface area (Å²) in [6.45, 7) is 6.66. The van der Waals surface area contributed by atoms with Gasteiger partial charge in [0.15, 0.2) is 5.82 Å². The number of nitrogens with zero attached hydrogens (tertiary/aromatic N) is 1. The second-order valence-corrected chi connectivity index (χ2v) is 5.77. The third kappa shape index (κ3) is 4.87. The van der Waals surface area contributed by atoms with Crippen molar-refractivity contribution >= 4 is 5.91 Å². The van der Waals surface area contributed by atoms with Crippen molar-refractivity contribution in [2.24, 2.45) is 5.41 Å². The van der Waals surface area contributed by atoms with E-state index < -0.39 is 17.7 Å². The number of aromatic nitrogens is 1. The first-order valence-corrected chi connectivity index (χ1v) is 6.95. The number of rotatable bonds is 7. The Kier molecular flexibility index (Phi) is 6.05. The number of carbonyl (C=O) groups excluding carboxylic acids is 1. The predicted octanol–water partition coefficient (Wildman–Crippen LogP) is 3.70. The smallest absolute Gasteiger partial charge is 0.254 e. The van der Waals surface area contributed by atoms with E-state index in [1.165, 1.54) is 6.07 Å². The van der Waals surface area contributed by atoms with Gasteiger partial charge in [0.1, 0.15) is 0 Å². The molecule has 3 nitrogen and oxygen atoms in total. The van der Waals surface area contributed by atoms with Crippen LogP contribution < -0.4 is 5.32 Å². The number of halogens is 2. The van der Waals surface area contributed by atoms with Crippen molar-refractivity contribution in [2.45, 2.75) is 46.5 Å². The summed E-state index contributed by atoms with van der Waals surface area (Å²) in [6.07, 6.45) is 5.46. The van der Waals surface area contributed by atoms with Crippen molar-refractivity contribution < 1.29 is 13.6 Å². The highest BCUT2D eigenvalue weighted by atomic mass is 19.2. The average Bonchev–Trinajstić information content (AvgIpc) is 2.39. The molecule has 1 rings (SSSR count). The van der Waals surface area contributed by atoms with Gasteiger partial charge in [-0.3, -0.25) is 4.79 Å². The number of carbonyl (C=O) groups is 1. The van der Waals surface area contributed by atoms with E-state index in [9.17, 15) is 13.6 Å². The summed E-state index contributed by atoms with van der Waals surface area (Å²) >= 11 is 0. The first-order valence-electron chi connectivity index (χ1n) is 6.95. The molecule has 0 saturated heterocycles. The molecule has 1 N–H and O–H groups in total. The van der Waals surface area contributed by atoms with Crippen LogP contribution in [0.4, 0.5) is 8.78 Å². The number of hydrogen-bond acceptors (Lipinski definition) is 2. The molecule has 1 aromatic rings. The van der Waals surface area contributed by atoms with Gasteiger partial charge in [-0.15, -0.1) is 0 Å². The SMILES string of the molecule is CCCCCC(C)(C)CNC(=O)c1ccnc(F)c1F. The molecule has 0 aliphatic heterocycles. The molecule has 1 aromatic heterocycles. The van der Waals surface area contributed by atoms with Gasteiger partial charge in [0.25, 0.3) is 5.91 Å².